The maximum absolute atomic E-state index is 13.9. The van der Waals surface area contributed by atoms with Gasteiger partial charge in [-0.05, 0) is 43.7 Å². The summed E-state index contributed by atoms with van der Waals surface area (Å²) in [5, 5.41) is 10.2. The zero-order chi connectivity index (χ0) is 22.8. The number of carbonyl (C=O) groups excluding carboxylic acids is 2. The number of aryl methyl sites for hydroxylation is 2. The number of pyridine rings is 1. The van der Waals surface area contributed by atoms with Crippen molar-refractivity contribution in [2.75, 3.05) is 10.6 Å². The quantitative estimate of drug-likeness (QED) is 0.489. The molecule has 0 bridgehead atoms. The first-order valence-electron chi connectivity index (χ1n) is 10.1. The third-order valence-corrected chi connectivity index (χ3v) is 4.97. The molecule has 2 aromatic heterocycles. The standard InChI is InChI=1S/C24H22FN5O2/c1-14-4-6-17(7-5-14)13-30-23-20(12-26-30)19(10-15(2)27-23)24(32)29-18-8-9-21(25)22(11-18)28-16(3)31/h4-12H,13H2,1-3H3,(H,28,31)(H,29,32). The van der Waals surface area contributed by atoms with E-state index in [1.165, 1.54) is 30.7 Å². The average molecular weight is 431 g/mol. The molecule has 7 nitrogen and oxygen atoms in total. The van der Waals surface area contributed by atoms with Crippen LogP contribution in [0.3, 0.4) is 0 Å². The van der Waals surface area contributed by atoms with Gasteiger partial charge in [0.25, 0.3) is 5.91 Å². The second-order valence-corrected chi connectivity index (χ2v) is 7.67. The van der Waals surface area contributed by atoms with Crippen molar-refractivity contribution >= 4 is 34.2 Å². The minimum Gasteiger partial charge on any atom is -0.324 e. The van der Waals surface area contributed by atoms with Crippen LogP contribution < -0.4 is 10.6 Å². The van der Waals surface area contributed by atoms with Crippen LogP contribution in [0.15, 0.2) is 54.7 Å². The van der Waals surface area contributed by atoms with Crippen LogP contribution in [0.4, 0.5) is 15.8 Å². The summed E-state index contributed by atoms with van der Waals surface area (Å²) in [6.07, 6.45) is 1.62. The summed E-state index contributed by atoms with van der Waals surface area (Å²) < 4.78 is 15.7. The molecule has 0 spiro atoms. The van der Waals surface area contributed by atoms with E-state index in [4.69, 9.17) is 0 Å². The van der Waals surface area contributed by atoms with Crippen LogP contribution in [-0.2, 0) is 11.3 Å². The Hall–Kier alpha value is -4.07. The molecular weight excluding hydrogens is 409 g/mol. The fraction of sp³-hybridized carbons (Fsp3) is 0.167. The summed E-state index contributed by atoms with van der Waals surface area (Å²) in [6, 6.07) is 13.8. The molecule has 32 heavy (non-hydrogen) atoms. The van der Waals surface area contributed by atoms with Crippen molar-refractivity contribution in [2.24, 2.45) is 0 Å². The molecule has 0 radical (unpaired) electrons. The zero-order valence-electron chi connectivity index (χ0n) is 17.9. The van der Waals surface area contributed by atoms with Crippen molar-refractivity contribution in [3.63, 3.8) is 0 Å². The molecule has 0 aliphatic carbocycles. The highest BCUT2D eigenvalue weighted by molar-refractivity contribution is 6.12. The van der Waals surface area contributed by atoms with Crippen molar-refractivity contribution in [1.82, 2.24) is 14.8 Å². The second-order valence-electron chi connectivity index (χ2n) is 7.67. The first-order valence-corrected chi connectivity index (χ1v) is 10.1. The Balaban J connectivity index is 1.64. The van der Waals surface area contributed by atoms with Gasteiger partial charge in [0.15, 0.2) is 5.65 Å². The van der Waals surface area contributed by atoms with E-state index in [2.05, 4.69) is 20.7 Å². The van der Waals surface area contributed by atoms with Crippen molar-refractivity contribution in [2.45, 2.75) is 27.3 Å². The van der Waals surface area contributed by atoms with Gasteiger partial charge in [-0.1, -0.05) is 29.8 Å². The fourth-order valence-corrected chi connectivity index (χ4v) is 3.43. The Kier molecular flexibility index (Phi) is 5.68. The topological polar surface area (TPSA) is 88.9 Å². The highest BCUT2D eigenvalue weighted by atomic mass is 19.1. The Morgan fingerprint density at radius 2 is 1.78 bits per heavy atom. The Labute approximate surface area is 184 Å². The van der Waals surface area contributed by atoms with Gasteiger partial charge in [0.05, 0.1) is 29.4 Å². The van der Waals surface area contributed by atoms with Gasteiger partial charge in [-0.2, -0.15) is 5.10 Å². The number of amides is 2. The van der Waals surface area contributed by atoms with Crippen molar-refractivity contribution < 1.29 is 14.0 Å². The molecule has 2 aromatic carbocycles. The predicted molar refractivity (Wildman–Crippen MR) is 121 cm³/mol. The number of carbonyl (C=O) groups is 2. The Morgan fingerprint density at radius 1 is 1.03 bits per heavy atom. The first-order chi connectivity index (χ1) is 15.3. The number of hydrogen-bond acceptors (Lipinski definition) is 4. The normalized spacial score (nSPS) is 10.9. The second kappa shape index (κ2) is 8.58. The largest absolute Gasteiger partial charge is 0.324 e. The van der Waals surface area contributed by atoms with Crippen LogP contribution in [0.25, 0.3) is 11.0 Å². The molecule has 4 aromatic rings. The molecule has 2 amide bonds. The third-order valence-electron chi connectivity index (χ3n) is 4.97. The van der Waals surface area contributed by atoms with Gasteiger partial charge in [0.2, 0.25) is 5.91 Å². The molecule has 2 N–H and O–H groups in total. The molecule has 0 aliphatic rings. The van der Waals surface area contributed by atoms with E-state index in [9.17, 15) is 14.0 Å². The number of anilines is 2. The summed E-state index contributed by atoms with van der Waals surface area (Å²) in [5.74, 6) is -1.37. The molecule has 0 saturated carbocycles. The highest BCUT2D eigenvalue weighted by Gasteiger charge is 2.17. The Bertz CT molecular complexity index is 1330. The van der Waals surface area contributed by atoms with Crippen LogP contribution in [0.5, 0.6) is 0 Å². The summed E-state index contributed by atoms with van der Waals surface area (Å²) in [7, 11) is 0. The minimum atomic E-state index is -0.585. The number of halogens is 1. The molecule has 0 unspecified atom stereocenters. The van der Waals surface area contributed by atoms with Gasteiger partial charge in [-0.15, -0.1) is 0 Å². The Morgan fingerprint density at radius 3 is 2.50 bits per heavy atom. The average Bonchev–Trinajstić information content (AvgIpc) is 3.13. The maximum Gasteiger partial charge on any atom is 0.256 e. The lowest BCUT2D eigenvalue weighted by atomic mass is 10.1. The molecule has 8 heteroatoms. The van der Waals surface area contributed by atoms with Crippen LogP contribution in [0.1, 0.15) is 34.1 Å². The van der Waals surface area contributed by atoms with Gasteiger partial charge >= 0.3 is 0 Å². The number of benzene rings is 2. The third kappa shape index (κ3) is 4.49. The van der Waals surface area contributed by atoms with E-state index in [0.717, 1.165) is 5.56 Å². The van der Waals surface area contributed by atoms with Crippen LogP contribution in [0, 0.1) is 19.7 Å². The van der Waals surface area contributed by atoms with E-state index in [-0.39, 0.29) is 11.6 Å². The summed E-state index contributed by atoms with van der Waals surface area (Å²) in [6.45, 7) is 5.66. The first kappa shape index (κ1) is 21.2. The highest BCUT2D eigenvalue weighted by Crippen LogP contribution is 2.23. The summed E-state index contributed by atoms with van der Waals surface area (Å²) in [5.41, 5.74) is 4.29. The maximum atomic E-state index is 13.9. The monoisotopic (exact) mass is 431 g/mol. The van der Waals surface area contributed by atoms with E-state index >= 15 is 0 Å². The molecule has 2 heterocycles. The van der Waals surface area contributed by atoms with Crippen molar-refractivity contribution in [3.05, 3.63) is 82.9 Å². The van der Waals surface area contributed by atoms with E-state index < -0.39 is 11.7 Å². The smallest absolute Gasteiger partial charge is 0.256 e. The van der Waals surface area contributed by atoms with Crippen molar-refractivity contribution in [1.29, 1.82) is 0 Å². The number of hydrogen-bond donors (Lipinski definition) is 2. The predicted octanol–water partition coefficient (Wildman–Crippen LogP) is 4.45. The van der Waals surface area contributed by atoms with Crippen LogP contribution in [0.2, 0.25) is 0 Å². The zero-order valence-corrected chi connectivity index (χ0v) is 17.9. The number of rotatable bonds is 5. The molecule has 0 aliphatic heterocycles. The van der Waals surface area contributed by atoms with Crippen molar-refractivity contribution in [3.8, 4) is 0 Å². The van der Waals surface area contributed by atoms with E-state index in [1.54, 1.807) is 16.9 Å². The number of fused-ring (bicyclic) bond motifs is 1. The van der Waals surface area contributed by atoms with Crippen LogP contribution >= 0.6 is 0 Å². The van der Waals surface area contributed by atoms with Gasteiger partial charge in [-0.3, -0.25) is 9.59 Å². The number of aromatic nitrogens is 3. The lowest BCUT2D eigenvalue weighted by Crippen LogP contribution is -2.14. The van der Waals surface area contributed by atoms with E-state index in [0.29, 0.717) is 34.5 Å². The molecule has 0 fully saturated rings. The molecular formula is C24H22FN5O2. The molecule has 4 rings (SSSR count). The molecule has 0 saturated heterocycles. The summed E-state index contributed by atoms with van der Waals surface area (Å²) >= 11 is 0. The number of nitrogens with one attached hydrogen (secondary N) is 2. The minimum absolute atomic E-state index is 0.00252. The molecule has 162 valence electrons. The SMILES string of the molecule is CC(=O)Nc1cc(NC(=O)c2cc(C)nc3c2cnn3Cc2ccc(C)cc2)ccc1F. The molecule has 0 atom stereocenters. The lowest BCUT2D eigenvalue weighted by molar-refractivity contribution is -0.114. The lowest BCUT2D eigenvalue weighted by Gasteiger charge is -2.10. The fourth-order valence-electron chi connectivity index (χ4n) is 3.43. The van der Waals surface area contributed by atoms with Gasteiger partial charge in [-0.25, -0.2) is 14.1 Å². The van der Waals surface area contributed by atoms with Gasteiger partial charge in [0, 0.05) is 18.3 Å². The van der Waals surface area contributed by atoms with Gasteiger partial charge in [0.1, 0.15) is 5.82 Å². The van der Waals surface area contributed by atoms with Crippen LogP contribution in [-0.4, -0.2) is 26.6 Å². The van der Waals surface area contributed by atoms with Gasteiger partial charge < -0.3 is 10.6 Å². The number of nitrogens with zero attached hydrogens (tertiary/aromatic N) is 3. The van der Waals surface area contributed by atoms with E-state index in [1.807, 2.05) is 38.1 Å². The summed E-state index contributed by atoms with van der Waals surface area (Å²) in [4.78, 5) is 28.9.